The maximum atomic E-state index is 11.6. The first-order chi connectivity index (χ1) is 10.5. The number of rotatable bonds is 0. The van der Waals surface area contributed by atoms with Crippen molar-refractivity contribution in [3.8, 4) is 0 Å². The molecule has 5 nitrogen and oxygen atoms in total. The highest BCUT2D eigenvalue weighted by atomic mass is 16.5. The molecule has 5 heteroatoms. The molecule has 5 rings (SSSR count). The van der Waals surface area contributed by atoms with Gasteiger partial charge in [-0.15, -0.1) is 0 Å². The molecule has 118 valence electrons. The summed E-state index contributed by atoms with van der Waals surface area (Å²) in [4.78, 5) is 2.23. The van der Waals surface area contributed by atoms with Gasteiger partial charge in [0.15, 0.2) is 5.76 Å². The second-order valence-corrected chi connectivity index (χ2v) is 7.39. The Morgan fingerprint density at radius 1 is 1.36 bits per heavy atom. The summed E-state index contributed by atoms with van der Waals surface area (Å²) in [6.07, 6.45) is 5.15. The molecule has 2 saturated heterocycles. The van der Waals surface area contributed by atoms with Crippen LogP contribution in [0, 0.1) is 5.41 Å². The molecule has 2 fully saturated rings. The van der Waals surface area contributed by atoms with Gasteiger partial charge in [0, 0.05) is 18.0 Å². The van der Waals surface area contributed by atoms with Crippen LogP contribution in [0.25, 0.3) is 0 Å². The summed E-state index contributed by atoms with van der Waals surface area (Å²) in [7, 11) is 2.06. The van der Waals surface area contributed by atoms with Crippen LogP contribution in [0.1, 0.15) is 25.7 Å². The van der Waals surface area contributed by atoms with Gasteiger partial charge >= 0.3 is 0 Å². The highest BCUT2D eigenvalue weighted by molar-refractivity contribution is 5.55. The number of allylic oxidation sites excluding steroid dienone is 2. The van der Waals surface area contributed by atoms with E-state index in [1.54, 1.807) is 12.2 Å². The molecule has 0 unspecified atom stereocenters. The molecule has 3 aliphatic carbocycles. The van der Waals surface area contributed by atoms with Crippen LogP contribution in [0.5, 0.6) is 0 Å². The Hall–Kier alpha value is -1.30. The molecule has 5 atom stereocenters. The van der Waals surface area contributed by atoms with E-state index in [0.29, 0.717) is 12.2 Å². The Balaban J connectivity index is 1.85. The molecule has 2 heterocycles. The average Bonchev–Trinajstić information content (AvgIpc) is 2.85. The molecular formula is C17H21NO4. The second-order valence-electron chi connectivity index (χ2n) is 7.39. The lowest BCUT2D eigenvalue weighted by Gasteiger charge is -2.61. The minimum Gasteiger partial charge on any atom is -0.508 e. The first-order valence-electron chi connectivity index (χ1n) is 8.11. The van der Waals surface area contributed by atoms with Crippen molar-refractivity contribution in [3.05, 3.63) is 34.8 Å². The first-order valence-corrected chi connectivity index (χ1v) is 8.11. The van der Waals surface area contributed by atoms with E-state index in [-0.39, 0.29) is 11.8 Å². The molecule has 2 aliphatic heterocycles. The summed E-state index contributed by atoms with van der Waals surface area (Å²) in [6, 6.07) is 0.00874. The minimum atomic E-state index is -1.04. The van der Waals surface area contributed by atoms with Gasteiger partial charge in [0.25, 0.3) is 0 Å². The number of ether oxygens (including phenoxy) is 1. The van der Waals surface area contributed by atoms with Gasteiger partial charge in [-0.05, 0) is 32.9 Å². The molecule has 0 aromatic heterocycles. The van der Waals surface area contributed by atoms with Crippen molar-refractivity contribution >= 4 is 0 Å². The summed E-state index contributed by atoms with van der Waals surface area (Å²) in [5.74, 6) is 0.810. The molecule has 22 heavy (non-hydrogen) atoms. The van der Waals surface area contributed by atoms with Crippen molar-refractivity contribution in [2.45, 2.75) is 49.5 Å². The Labute approximate surface area is 129 Å². The molecule has 0 aromatic rings. The van der Waals surface area contributed by atoms with Crippen LogP contribution in [0.3, 0.4) is 0 Å². The molecule has 2 bridgehead atoms. The standard InChI is InChI=1S/C17H21NO4/c1-18-7-6-16-13-9-2-3-10(19)14(13)22-15(16)11(20)4-5-17(16,21)12(18)8-9/h4-5,11-12,15,19-21H,2-3,6-8H2,1H3/t11-,12+,15-,16-,17+/m0/s1. The van der Waals surface area contributed by atoms with Crippen molar-refractivity contribution in [1.82, 2.24) is 4.90 Å². The molecule has 0 saturated carbocycles. The zero-order valence-electron chi connectivity index (χ0n) is 12.6. The molecular weight excluding hydrogens is 282 g/mol. The SMILES string of the molecule is CN1CC[C@]23C4=C5CCC(O)=C4O[C@H]2[C@@H](O)C=C[C@@]3(O)[C@H]1C5. The minimum absolute atomic E-state index is 0.00874. The number of hydrogen-bond acceptors (Lipinski definition) is 5. The monoisotopic (exact) mass is 303 g/mol. The van der Waals surface area contributed by atoms with Crippen molar-refractivity contribution in [1.29, 1.82) is 0 Å². The van der Waals surface area contributed by atoms with E-state index in [1.165, 1.54) is 5.57 Å². The number of piperidine rings is 1. The van der Waals surface area contributed by atoms with Crippen LogP contribution < -0.4 is 0 Å². The maximum absolute atomic E-state index is 11.6. The summed E-state index contributed by atoms with van der Waals surface area (Å²) in [6.45, 7) is 0.859. The topological polar surface area (TPSA) is 73.2 Å². The average molecular weight is 303 g/mol. The van der Waals surface area contributed by atoms with E-state index >= 15 is 0 Å². The van der Waals surface area contributed by atoms with Crippen molar-refractivity contribution in [2.75, 3.05) is 13.6 Å². The van der Waals surface area contributed by atoms with Gasteiger partial charge in [-0.2, -0.15) is 0 Å². The predicted molar refractivity (Wildman–Crippen MR) is 79.0 cm³/mol. The lowest BCUT2D eigenvalue weighted by molar-refractivity contribution is -0.175. The highest BCUT2D eigenvalue weighted by Gasteiger charge is 2.72. The summed E-state index contributed by atoms with van der Waals surface area (Å²) in [5.41, 5.74) is 0.633. The number of aliphatic hydroxyl groups is 3. The van der Waals surface area contributed by atoms with Gasteiger partial charge < -0.3 is 20.1 Å². The summed E-state index contributed by atoms with van der Waals surface area (Å²) >= 11 is 0. The van der Waals surface area contributed by atoms with Crippen LogP contribution in [0.4, 0.5) is 0 Å². The fraction of sp³-hybridized carbons (Fsp3) is 0.647. The highest BCUT2D eigenvalue weighted by Crippen LogP contribution is 2.66. The summed E-state index contributed by atoms with van der Waals surface area (Å²) < 4.78 is 6.04. The number of likely N-dealkylation sites (tertiary alicyclic amines) is 1. The van der Waals surface area contributed by atoms with E-state index in [0.717, 1.165) is 31.4 Å². The van der Waals surface area contributed by atoms with Gasteiger partial charge in [-0.3, -0.25) is 4.90 Å². The quantitative estimate of drug-likeness (QED) is 0.582. The maximum Gasteiger partial charge on any atom is 0.161 e. The number of hydrogen-bond donors (Lipinski definition) is 3. The molecule has 3 N–H and O–H groups in total. The number of likely N-dealkylation sites (N-methyl/N-ethyl adjacent to an activating group) is 1. The van der Waals surface area contributed by atoms with E-state index in [2.05, 4.69) is 11.9 Å². The van der Waals surface area contributed by atoms with Crippen LogP contribution in [-0.2, 0) is 4.74 Å². The summed E-state index contributed by atoms with van der Waals surface area (Å²) in [5, 5.41) is 32.4. The molecule has 0 radical (unpaired) electrons. The zero-order valence-corrected chi connectivity index (χ0v) is 12.6. The van der Waals surface area contributed by atoms with E-state index < -0.39 is 23.2 Å². The number of aliphatic hydroxyl groups excluding tert-OH is 2. The largest absolute Gasteiger partial charge is 0.508 e. The van der Waals surface area contributed by atoms with Crippen LogP contribution >= 0.6 is 0 Å². The van der Waals surface area contributed by atoms with E-state index in [9.17, 15) is 15.3 Å². The van der Waals surface area contributed by atoms with Crippen molar-refractivity contribution in [2.24, 2.45) is 5.41 Å². The Bertz CT molecular complexity index is 666. The molecule has 1 spiro atoms. The smallest absolute Gasteiger partial charge is 0.161 e. The van der Waals surface area contributed by atoms with Gasteiger partial charge in [0.05, 0.1) is 5.41 Å². The second kappa shape index (κ2) is 3.78. The van der Waals surface area contributed by atoms with Gasteiger partial charge in [-0.25, -0.2) is 0 Å². The Kier molecular flexibility index (Phi) is 2.26. The van der Waals surface area contributed by atoms with Crippen LogP contribution in [0.15, 0.2) is 34.8 Å². The van der Waals surface area contributed by atoms with Gasteiger partial charge in [0.1, 0.15) is 23.6 Å². The molecule has 5 aliphatic rings. The van der Waals surface area contributed by atoms with Gasteiger partial charge in [0.2, 0.25) is 0 Å². The Morgan fingerprint density at radius 3 is 3.00 bits per heavy atom. The fourth-order valence-electron chi connectivity index (χ4n) is 5.58. The van der Waals surface area contributed by atoms with Crippen LogP contribution in [0.2, 0.25) is 0 Å². The first kappa shape index (κ1) is 13.2. The van der Waals surface area contributed by atoms with Gasteiger partial charge in [-0.1, -0.05) is 17.7 Å². The lowest BCUT2D eigenvalue weighted by atomic mass is 9.50. The Morgan fingerprint density at radius 2 is 2.18 bits per heavy atom. The fourth-order valence-corrected chi connectivity index (χ4v) is 5.58. The lowest BCUT2D eigenvalue weighted by Crippen LogP contribution is -2.72. The third-order valence-electron chi connectivity index (χ3n) is 6.59. The van der Waals surface area contributed by atoms with Crippen LogP contribution in [-0.4, -0.2) is 57.7 Å². The van der Waals surface area contributed by atoms with E-state index in [1.807, 2.05) is 0 Å². The zero-order chi connectivity index (χ0) is 15.3. The van der Waals surface area contributed by atoms with Crippen molar-refractivity contribution < 1.29 is 20.1 Å². The third kappa shape index (κ3) is 1.17. The predicted octanol–water partition coefficient (Wildman–Crippen LogP) is 1.00. The van der Waals surface area contributed by atoms with Crippen molar-refractivity contribution in [3.63, 3.8) is 0 Å². The molecule has 0 aromatic carbocycles. The van der Waals surface area contributed by atoms with E-state index in [4.69, 9.17) is 4.74 Å². The molecule has 0 amide bonds. The normalized spacial score (nSPS) is 49.3. The number of nitrogens with zero attached hydrogens (tertiary/aromatic N) is 1. The third-order valence-corrected chi connectivity index (χ3v) is 6.59.